The Morgan fingerprint density at radius 1 is 0.913 bits per heavy atom. The highest BCUT2D eigenvalue weighted by molar-refractivity contribution is 5.92. The van der Waals surface area contributed by atoms with E-state index in [-0.39, 0.29) is 18.8 Å². The molecular weight excluding hydrogens is 584 g/mol. The highest BCUT2D eigenvalue weighted by Crippen LogP contribution is 2.39. The number of aliphatic hydroxyl groups excluding tert-OH is 1. The summed E-state index contributed by atoms with van der Waals surface area (Å²) < 4.78 is 20.0. The number of imidazole rings is 1. The fourth-order valence-corrected chi connectivity index (χ4v) is 5.64. The number of aromatic nitrogens is 2. The van der Waals surface area contributed by atoms with Gasteiger partial charge in [0.15, 0.2) is 6.29 Å². The van der Waals surface area contributed by atoms with Gasteiger partial charge in [0, 0.05) is 24.1 Å². The topological polar surface area (TPSA) is 124 Å². The molecule has 2 heterocycles. The number of benzene rings is 4. The summed E-state index contributed by atoms with van der Waals surface area (Å²) in [6, 6.07) is 31.0. The minimum Gasteiger partial charge on any atom is -0.467 e. The lowest BCUT2D eigenvalue weighted by atomic mass is 10.00. The monoisotopic (exact) mass is 620 g/mol. The second-order valence-electron chi connectivity index (χ2n) is 11.2. The van der Waals surface area contributed by atoms with Crippen LogP contribution < -0.4 is 10.6 Å². The molecule has 4 aromatic carbocycles. The first-order valence-corrected chi connectivity index (χ1v) is 15.2. The molecule has 5 aromatic rings. The van der Waals surface area contributed by atoms with Crippen LogP contribution in [0.1, 0.15) is 41.1 Å². The van der Waals surface area contributed by atoms with Gasteiger partial charge in [-0.25, -0.2) is 14.6 Å². The fraction of sp³-hybridized carbons (Fsp3) is 0.250. The Balaban J connectivity index is 1.16. The van der Waals surface area contributed by atoms with Crippen LogP contribution in [0.5, 0.6) is 0 Å². The zero-order valence-corrected chi connectivity index (χ0v) is 25.4. The summed E-state index contributed by atoms with van der Waals surface area (Å²) in [5, 5.41) is 15.0. The molecule has 10 heteroatoms. The van der Waals surface area contributed by atoms with Crippen LogP contribution in [0.25, 0.3) is 11.0 Å². The lowest BCUT2D eigenvalue weighted by Crippen LogP contribution is -2.45. The number of nitrogens with one attached hydrogen (secondary N) is 2. The number of hydrogen-bond donors (Lipinski definition) is 3. The van der Waals surface area contributed by atoms with Crippen molar-refractivity contribution in [1.29, 1.82) is 0 Å². The zero-order valence-electron chi connectivity index (χ0n) is 25.4. The predicted molar refractivity (Wildman–Crippen MR) is 173 cm³/mol. The Hall–Kier alpha value is -5.03. The van der Waals surface area contributed by atoms with Gasteiger partial charge in [-0.15, -0.1) is 0 Å². The van der Waals surface area contributed by atoms with Gasteiger partial charge in [-0.05, 0) is 41.0 Å². The van der Waals surface area contributed by atoms with E-state index >= 15 is 0 Å². The Bertz CT molecular complexity index is 1760. The Labute approximate surface area is 266 Å². The number of aliphatic hydroxyl groups is 1. The zero-order chi connectivity index (χ0) is 31.9. The summed E-state index contributed by atoms with van der Waals surface area (Å²) >= 11 is 0. The summed E-state index contributed by atoms with van der Waals surface area (Å²) in [6.07, 6.45) is 1.69. The average molecular weight is 621 g/mol. The molecule has 3 N–H and O–H groups in total. The molecule has 1 aliphatic heterocycles. The third kappa shape index (κ3) is 7.43. The number of hydrogen-bond acceptors (Lipinski definition) is 7. The molecule has 0 unspecified atom stereocenters. The lowest BCUT2D eigenvalue weighted by Gasteiger charge is -2.36. The van der Waals surface area contributed by atoms with E-state index in [0.29, 0.717) is 25.1 Å². The maximum absolute atomic E-state index is 12.9. The van der Waals surface area contributed by atoms with E-state index in [1.54, 1.807) is 12.1 Å². The average Bonchev–Trinajstić information content (AvgIpc) is 3.50. The molecule has 1 saturated heterocycles. The Morgan fingerprint density at radius 3 is 2.37 bits per heavy atom. The summed E-state index contributed by atoms with van der Waals surface area (Å²) in [6.45, 7) is 0.568. The molecule has 1 aromatic heterocycles. The van der Waals surface area contributed by atoms with Crippen molar-refractivity contribution in [1.82, 2.24) is 14.9 Å². The van der Waals surface area contributed by atoms with E-state index in [1.807, 2.05) is 97.3 Å². The molecule has 0 saturated carbocycles. The molecule has 1 fully saturated rings. The van der Waals surface area contributed by atoms with Gasteiger partial charge in [0.05, 0.1) is 49.8 Å². The Kier molecular flexibility index (Phi) is 9.68. The smallest absolute Gasteiger partial charge is 0.328 e. The quantitative estimate of drug-likeness (QED) is 0.172. The molecule has 10 nitrogen and oxygen atoms in total. The van der Waals surface area contributed by atoms with Gasteiger partial charge in [0.25, 0.3) is 0 Å². The first-order valence-electron chi connectivity index (χ1n) is 15.2. The summed E-state index contributed by atoms with van der Waals surface area (Å²) in [5.74, 6) is -0.528. The first-order chi connectivity index (χ1) is 22.5. The molecule has 0 aliphatic carbocycles. The minimum atomic E-state index is -0.844. The number of methoxy groups -OCH3 is 1. The van der Waals surface area contributed by atoms with E-state index in [2.05, 4.69) is 20.2 Å². The minimum absolute atomic E-state index is 0.0252. The van der Waals surface area contributed by atoms with Gasteiger partial charge in [0.2, 0.25) is 0 Å². The van der Waals surface area contributed by atoms with Gasteiger partial charge in [-0.2, -0.15) is 0 Å². The number of anilines is 1. The van der Waals surface area contributed by atoms with Crippen LogP contribution in [0.4, 0.5) is 10.5 Å². The number of rotatable bonds is 10. The van der Waals surface area contributed by atoms with Crippen LogP contribution in [-0.4, -0.2) is 45.9 Å². The molecule has 236 valence electrons. The number of amides is 2. The van der Waals surface area contributed by atoms with E-state index in [1.165, 1.54) is 7.11 Å². The number of para-hydroxylation sites is 2. The summed E-state index contributed by atoms with van der Waals surface area (Å²) in [4.78, 5) is 29.7. The van der Waals surface area contributed by atoms with E-state index in [4.69, 9.17) is 14.2 Å². The maximum Gasteiger partial charge on any atom is 0.328 e. The van der Waals surface area contributed by atoms with Crippen molar-refractivity contribution in [3.05, 3.63) is 132 Å². The van der Waals surface area contributed by atoms with Crippen LogP contribution in [0.3, 0.4) is 0 Å². The molecular formula is C36H36N4O6. The number of carbonyl (C=O) groups excluding carboxylic acids is 2. The maximum atomic E-state index is 12.9. The Morgan fingerprint density at radius 2 is 1.63 bits per heavy atom. The van der Waals surface area contributed by atoms with Crippen LogP contribution >= 0.6 is 0 Å². The van der Waals surface area contributed by atoms with Crippen LogP contribution in [0.2, 0.25) is 0 Å². The van der Waals surface area contributed by atoms with Crippen molar-refractivity contribution >= 4 is 28.7 Å². The normalized spacial score (nSPS) is 18.5. The van der Waals surface area contributed by atoms with Crippen LogP contribution in [0.15, 0.2) is 109 Å². The largest absolute Gasteiger partial charge is 0.467 e. The van der Waals surface area contributed by atoms with Crippen LogP contribution in [-0.2, 0) is 38.6 Å². The van der Waals surface area contributed by atoms with Gasteiger partial charge in [-0.3, -0.25) is 0 Å². The van der Waals surface area contributed by atoms with E-state index in [0.717, 1.165) is 33.3 Å². The van der Waals surface area contributed by atoms with Crippen molar-refractivity contribution in [3.8, 4) is 0 Å². The third-order valence-electron chi connectivity index (χ3n) is 8.06. The number of esters is 1. The third-order valence-corrected chi connectivity index (χ3v) is 8.06. The van der Waals surface area contributed by atoms with Gasteiger partial charge in [-0.1, -0.05) is 78.9 Å². The number of urea groups is 1. The highest BCUT2D eigenvalue weighted by atomic mass is 16.7. The molecule has 0 radical (unpaired) electrons. The van der Waals surface area contributed by atoms with Gasteiger partial charge < -0.3 is 34.5 Å². The second kappa shape index (κ2) is 14.4. The van der Waals surface area contributed by atoms with E-state index < -0.39 is 24.3 Å². The lowest BCUT2D eigenvalue weighted by molar-refractivity contribution is -0.252. The number of ether oxygens (including phenoxy) is 3. The van der Waals surface area contributed by atoms with Gasteiger partial charge in [0.1, 0.15) is 6.04 Å². The predicted octanol–water partition coefficient (Wildman–Crippen LogP) is 5.68. The molecule has 0 bridgehead atoms. The summed E-state index contributed by atoms with van der Waals surface area (Å²) in [7, 11) is 1.30. The standard InChI is InChI=1S/C36H36N4O6/c1-44-34(42)31(19-24-7-3-2-4-8-24)39-36(43)38-28-17-15-27(16-18-28)35-45-29(21-40-23-37-30-9-5-6-10-32(30)40)20-33(46-35)26-13-11-25(22-41)12-14-26/h2-18,23,29,31,33,35,41H,19-22H2,1H3,(H2,38,39,43)/t29-,31-,33+,35+/m0/s1. The fourth-order valence-electron chi connectivity index (χ4n) is 5.64. The number of carbonyl (C=O) groups is 2. The number of nitrogens with zero attached hydrogens (tertiary/aromatic N) is 2. The second-order valence-corrected chi connectivity index (χ2v) is 11.2. The van der Waals surface area contributed by atoms with Crippen molar-refractivity contribution in [2.45, 2.75) is 50.5 Å². The van der Waals surface area contributed by atoms with Crippen molar-refractivity contribution in [2.75, 3.05) is 12.4 Å². The molecule has 1 aliphatic rings. The molecule has 46 heavy (non-hydrogen) atoms. The van der Waals surface area contributed by atoms with Crippen molar-refractivity contribution < 1.29 is 28.9 Å². The molecule has 0 spiro atoms. The van der Waals surface area contributed by atoms with Crippen molar-refractivity contribution in [3.63, 3.8) is 0 Å². The molecule has 4 atom stereocenters. The van der Waals surface area contributed by atoms with Crippen LogP contribution in [0, 0.1) is 0 Å². The summed E-state index contributed by atoms with van der Waals surface area (Å²) in [5.41, 5.74) is 6.02. The molecule has 6 rings (SSSR count). The molecule has 2 amide bonds. The first kappa shape index (κ1) is 31.0. The SMILES string of the molecule is COC(=O)[C@H](Cc1ccccc1)NC(=O)Nc1ccc([C@@H]2O[C@H](Cn3cnc4ccccc43)C[C@H](c3ccc(CO)cc3)O2)cc1. The van der Waals surface area contributed by atoms with Crippen molar-refractivity contribution in [2.24, 2.45) is 0 Å². The highest BCUT2D eigenvalue weighted by Gasteiger charge is 2.33. The van der Waals surface area contributed by atoms with Gasteiger partial charge >= 0.3 is 12.0 Å². The number of fused-ring (bicyclic) bond motifs is 1. The van der Waals surface area contributed by atoms with E-state index in [9.17, 15) is 14.7 Å².